The van der Waals surface area contributed by atoms with Gasteiger partial charge in [-0.25, -0.2) is 9.78 Å². The minimum absolute atomic E-state index is 0.750. The standard InChI is InChI=1S/C16H20O4/c1-15(2,19-17)13-7-5-12-10-14(16(3,4)20-18)8-6-11(12)9-13/h5-10,17-18H,1-4H3. The van der Waals surface area contributed by atoms with Crippen LogP contribution in [0.4, 0.5) is 0 Å². The van der Waals surface area contributed by atoms with Crippen LogP contribution in [0.5, 0.6) is 0 Å². The molecule has 0 saturated carbocycles. The third kappa shape index (κ3) is 2.69. The Hall–Kier alpha value is -1.46. The van der Waals surface area contributed by atoms with E-state index in [-0.39, 0.29) is 0 Å². The SMILES string of the molecule is CC(C)(OO)c1ccc2cc(C(C)(C)OO)ccc2c1. The lowest BCUT2D eigenvalue weighted by atomic mass is 9.92. The molecule has 0 radical (unpaired) electrons. The molecule has 0 aliphatic heterocycles. The highest BCUT2D eigenvalue weighted by molar-refractivity contribution is 5.84. The summed E-state index contributed by atoms with van der Waals surface area (Å²) in [5, 5.41) is 20.0. The minimum Gasteiger partial charge on any atom is -0.251 e. The van der Waals surface area contributed by atoms with Gasteiger partial charge in [0.05, 0.1) is 0 Å². The molecule has 0 amide bonds. The molecule has 0 atom stereocenters. The average Bonchev–Trinajstić information content (AvgIpc) is 2.46. The van der Waals surface area contributed by atoms with Crippen LogP contribution in [0.3, 0.4) is 0 Å². The molecule has 4 nitrogen and oxygen atoms in total. The van der Waals surface area contributed by atoms with Gasteiger partial charge in [-0.05, 0) is 61.7 Å². The maximum atomic E-state index is 8.96. The molecular formula is C16H20O4. The fourth-order valence-electron chi connectivity index (χ4n) is 2.10. The summed E-state index contributed by atoms with van der Waals surface area (Å²) in [4.78, 5) is 9.03. The molecule has 2 aromatic carbocycles. The predicted molar refractivity (Wildman–Crippen MR) is 77.4 cm³/mol. The van der Waals surface area contributed by atoms with E-state index >= 15 is 0 Å². The zero-order valence-electron chi connectivity index (χ0n) is 12.2. The largest absolute Gasteiger partial charge is 0.251 e. The van der Waals surface area contributed by atoms with E-state index in [9.17, 15) is 0 Å². The second kappa shape index (κ2) is 5.14. The number of fused-ring (bicyclic) bond motifs is 1. The lowest BCUT2D eigenvalue weighted by Gasteiger charge is -2.23. The van der Waals surface area contributed by atoms with Crippen LogP contribution >= 0.6 is 0 Å². The van der Waals surface area contributed by atoms with Crippen molar-refractivity contribution in [3.8, 4) is 0 Å². The van der Waals surface area contributed by atoms with Crippen LogP contribution < -0.4 is 0 Å². The summed E-state index contributed by atoms with van der Waals surface area (Å²) in [6, 6.07) is 11.7. The topological polar surface area (TPSA) is 58.9 Å². The zero-order chi connectivity index (χ0) is 15.0. The molecule has 0 aliphatic carbocycles. The second-order valence-corrected chi connectivity index (χ2v) is 5.98. The molecule has 0 unspecified atom stereocenters. The molecule has 0 heterocycles. The monoisotopic (exact) mass is 276 g/mol. The van der Waals surface area contributed by atoms with Crippen LogP contribution in [0.2, 0.25) is 0 Å². The quantitative estimate of drug-likeness (QED) is 0.646. The summed E-state index contributed by atoms with van der Waals surface area (Å²) in [6.07, 6.45) is 0. The molecule has 20 heavy (non-hydrogen) atoms. The van der Waals surface area contributed by atoms with Gasteiger partial charge in [0.2, 0.25) is 0 Å². The first-order valence-corrected chi connectivity index (χ1v) is 6.50. The van der Waals surface area contributed by atoms with Gasteiger partial charge in [-0.1, -0.05) is 24.3 Å². The van der Waals surface area contributed by atoms with Crippen LogP contribution in [0.1, 0.15) is 38.8 Å². The van der Waals surface area contributed by atoms with Crippen molar-refractivity contribution in [3.63, 3.8) is 0 Å². The Balaban J connectivity index is 2.50. The van der Waals surface area contributed by atoms with Crippen molar-refractivity contribution in [2.45, 2.75) is 38.9 Å². The fourth-order valence-corrected chi connectivity index (χ4v) is 2.10. The van der Waals surface area contributed by atoms with Gasteiger partial charge >= 0.3 is 0 Å². The van der Waals surface area contributed by atoms with Crippen LogP contribution in [0.15, 0.2) is 36.4 Å². The van der Waals surface area contributed by atoms with Gasteiger partial charge in [0.25, 0.3) is 0 Å². The van der Waals surface area contributed by atoms with Gasteiger partial charge < -0.3 is 0 Å². The van der Waals surface area contributed by atoms with Crippen molar-refractivity contribution in [1.82, 2.24) is 0 Å². The molecule has 0 aromatic heterocycles. The van der Waals surface area contributed by atoms with E-state index in [0.717, 1.165) is 21.9 Å². The number of hydrogen-bond acceptors (Lipinski definition) is 4. The Morgan fingerprint density at radius 2 is 1.05 bits per heavy atom. The maximum Gasteiger partial charge on any atom is 0.123 e. The van der Waals surface area contributed by atoms with Gasteiger partial charge in [0.15, 0.2) is 0 Å². The van der Waals surface area contributed by atoms with Gasteiger partial charge in [-0.2, -0.15) is 0 Å². The van der Waals surface area contributed by atoms with Crippen molar-refractivity contribution >= 4 is 10.8 Å². The first-order valence-electron chi connectivity index (χ1n) is 6.50. The van der Waals surface area contributed by atoms with E-state index < -0.39 is 11.2 Å². The smallest absolute Gasteiger partial charge is 0.123 e. The van der Waals surface area contributed by atoms with Gasteiger partial charge in [0.1, 0.15) is 11.2 Å². The summed E-state index contributed by atoms with van der Waals surface area (Å²) in [7, 11) is 0. The van der Waals surface area contributed by atoms with Gasteiger partial charge in [-0.15, -0.1) is 0 Å². The third-order valence-corrected chi connectivity index (χ3v) is 3.69. The van der Waals surface area contributed by atoms with Crippen LogP contribution in [-0.4, -0.2) is 10.5 Å². The van der Waals surface area contributed by atoms with Crippen LogP contribution in [0.25, 0.3) is 10.8 Å². The fraction of sp³-hybridized carbons (Fsp3) is 0.375. The van der Waals surface area contributed by atoms with E-state index in [0.29, 0.717) is 0 Å². The molecule has 4 heteroatoms. The van der Waals surface area contributed by atoms with Crippen molar-refractivity contribution in [3.05, 3.63) is 47.5 Å². The Morgan fingerprint density at radius 1 is 0.700 bits per heavy atom. The molecule has 2 aromatic rings. The lowest BCUT2D eigenvalue weighted by molar-refractivity contribution is -0.318. The molecular weight excluding hydrogens is 256 g/mol. The number of benzene rings is 2. The van der Waals surface area contributed by atoms with Gasteiger partial charge in [-0.3, -0.25) is 10.5 Å². The molecule has 108 valence electrons. The molecule has 0 bridgehead atoms. The summed E-state index contributed by atoms with van der Waals surface area (Å²) < 4.78 is 0. The third-order valence-electron chi connectivity index (χ3n) is 3.69. The summed E-state index contributed by atoms with van der Waals surface area (Å²) >= 11 is 0. The molecule has 0 spiro atoms. The van der Waals surface area contributed by atoms with E-state index in [1.165, 1.54) is 0 Å². The maximum absolute atomic E-state index is 8.96. The van der Waals surface area contributed by atoms with Crippen molar-refractivity contribution in [2.24, 2.45) is 0 Å². The first kappa shape index (κ1) is 14.9. The van der Waals surface area contributed by atoms with Crippen molar-refractivity contribution < 1.29 is 20.3 Å². The summed E-state index contributed by atoms with van der Waals surface area (Å²) in [6.45, 7) is 7.19. The van der Waals surface area contributed by atoms with Gasteiger partial charge in [0, 0.05) is 0 Å². The van der Waals surface area contributed by atoms with E-state index in [1.807, 2.05) is 36.4 Å². The summed E-state index contributed by atoms with van der Waals surface area (Å²) in [5.41, 5.74) is 0.275. The Morgan fingerprint density at radius 3 is 1.35 bits per heavy atom. The van der Waals surface area contributed by atoms with Crippen LogP contribution in [-0.2, 0) is 21.0 Å². The first-order chi connectivity index (χ1) is 9.30. The molecule has 2 N–H and O–H groups in total. The molecule has 0 fully saturated rings. The van der Waals surface area contributed by atoms with E-state index in [4.69, 9.17) is 10.5 Å². The van der Waals surface area contributed by atoms with Crippen molar-refractivity contribution in [1.29, 1.82) is 0 Å². The molecule has 0 saturated heterocycles. The average molecular weight is 276 g/mol. The highest BCUT2D eigenvalue weighted by atomic mass is 17.1. The highest BCUT2D eigenvalue weighted by Crippen LogP contribution is 2.30. The molecule has 2 rings (SSSR count). The Bertz CT molecular complexity index is 562. The predicted octanol–water partition coefficient (Wildman–Crippen LogP) is 4.29. The minimum atomic E-state index is -0.750. The van der Waals surface area contributed by atoms with E-state index in [1.54, 1.807) is 27.7 Å². The summed E-state index contributed by atoms with van der Waals surface area (Å²) in [5.74, 6) is 0. The number of rotatable bonds is 4. The van der Waals surface area contributed by atoms with Crippen LogP contribution in [0, 0.1) is 0 Å². The Kier molecular flexibility index (Phi) is 3.84. The normalized spacial score (nSPS) is 12.9. The highest BCUT2D eigenvalue weighted by Gasteiger charge is 2.23. The second-order valence-electron chi connectivity index (χ2n) is 5.98. The number of hydrogen-bond donors (Lipinski definition) is 2. The molecule has 0 aliphatic rings. The lowest BCUT2D eigenvalue weighted by Crippen LogP contribution is -2.20. The zero-order valence-corrected chi connectivity index (χ0v) is 12.2. The van der Waals surface area contributed by atoms with Crippen molar-refractivity contribution in [2.75, 3.05) is 0 Å². The Labute approximate surface area is 118 Å². The van der Waals surface area contributed by atoms with E-state index in [2.05, 4.69) is 9.78 Å².